The molecule has 0 aromatic heterocycles. The van der Waals surface area contributed by atoms with Gasteiger partial charge in [-0.2, -0.15) is 0 Å². The van der Waals surface area contributed by atoms with Gasteiger partial charge in [-0.1, -0.05) is 18.6 Å². The molecule has 0 radical (unpaired) electrons. The van der Waals surface area contributed by atoms with Crippen LogP contribution in [0.5, 0.6) is 5.75 Å². The highest BCUT2D eigenvalue weighted by Crippen LogP contribution is 2.13. The molecule has 1 heterocycles. The molecule has 0 unspecified atom stereocenters. The lowest BCUT2D eigenvalue weighted by Gasteiger charge is -2.26. The topological polar surface area (TPSA) is 61.4 Å². The molecule has 0 aliphatic carbocycles. The Hall–Kier alpha value is -1.83. The van der Waals surface area contributed by atoms with Crippen LogP contribution in [0.1, 0.15) is 24.8 Å². The maximum absolute atomic E-state index is 5.90. The first-order valence-electron chi connectivity index (χ1n) is 10.8. The third-order valence-electron chi connectivity index (χ3n) is 5.17. The van der Waals surface area contributed by atoms with E-state index in [1.807, 2.05) is 19.2 Å². The second kappa shape index (κ2) is 14.2. The number of benzene rings is 1. The summed E-state index contributed by atoms with van der Waals surface area (Å²) < 4.78 is 11.0. The Labute approximate surface area is 176 Å². The summed E-state index contributed by atoms with van der Waals surface area (Å²) in [5.41, 5.74) is 1.18. The van der Waals surface area contributed by atoms with E-state index in [-0.39, 0.29) is 0 Å². The molecule has 1 saturated heterocycles. The zero-order valence-corrected chi connectivity index (χ0v) is 18.5. The molecule has 1 aromatic rings. The van der Waals surface area contributed by atoms with Gasteiger partial charge in [0.15, 0.2) is 5.96 Å². The molecule has 0 atom stereocenters. The summed E-state index contributed by atoms with van der Waals surface area (Å²) in [5.74, 6) is 1.74. The van der Waals surface area contributed by atoms with Crippen molar-refractivity contribution in [3.63, 3.8) is 0 Å². The molecule has 1 aliphatic rings. The highest BCUT2D eigenvalue weighted by molar-refractivity contribution is 5.79. The molecule has 0 spiro atoms. The Morgan fingerprint density at radius 1 is 1.14 bits per heavy atom. The molecule has 0 amide bonds. The van der Waals surface area contributed by atoms with Crippen molar-refractivity contribution in [2.24, 2.45) is 4.99 Å². The van der Waals surface area contributed by atoms with Gasteiger partial charge in [0, 0.05) is 46.9 Å². The van der Waals surface area contributed by atoms with Crippen LogP contribution >= 0.6 is 0 Å². The fourth-order valence-electron chi connectivity index (χ4n) is 3.35. The normalized spacial score (nSPS) is 15.5. The number of hydrogen-bond donors (Lipinski definition) is 2. The minimum Gasteiger partial charge on any atom is -0.492 e. The van der Waals surface area contributed by atoms with E-state index in [1.54, 1.807) is 7.11 Å². The molecule has 0 bridgehead atoms. The predicted molar refractivity (Wildman–Crippen MR) is 120 cm³/mol. The number of guanidine groups is 1. The summed E-state index contributed by atoms with van der Waals surface area (Å²) in [5, 5.41) is 6.81. The van der Waals surface area contributed by atoms with Crippen molar-refractivity contribution in [3.05, 3.63) is 29.8 Å². The molecule has 29 heavy (non-hydrogen) atoms. The van der Waals surface area contributed by atoms with Crippen molar-refractivity contribution in [3.8, 4) is 5.75 Å². The molecule has 2 N–H and O–H groups in total. The number of ether oxygens (including phenoxy) is 2. The van der Waals surface area contributed by atoms with Gasteiger partial charge in [0.05, 0.1) is 6.61 Å². The van der Waals surface area contributed by atoms with Gasteiger partial charge in [0.1, 0.15) is 12.4 Å². The van der Waals surface area contributed by atoms with E-state index >= 15 is 0 Å². The number of nitrogens with one attached hydrogen (secondary N) is 2. The van der Waals surface area contributed by atoms with Crippen molar-refractivity contribution < 1.29 is 9.47 Å². The minimum absolute atomic E-state index is 0.664. The standard InChI is InChI=1S/C22H39N5O2/c1-23-22(24-10-13-27-11-5-4-6-12-27)25-19-20-8-7-9-21(18-20)29-17-15-26(2)14-16-28-3/h7-9,18H,4-6,10-17,19H2,1-3H3,(H2,23,24,25). The lowest BCUT2D eigenvalue weighted by Crippen LogP contribution is -2.42. The van der Waals surface area contributed by atoms with Crippen LogP contribution in [0.4, 0.5) is 0 Å². The van der Waals surface area contributed by atoms with Crippen LogP contribution in [0, 0.1) is 0 Å². The molecule has 1 aliphatic heterocycles. The second-order valence-corrected chi connectivity index (χ2v) is 7.55. The highest BCUT2D eigenvalue weighted by Gasteiger charge is 2.09. The smallest absolute Gasteiger partial charge is 0.191 e. The van der Waals surface area contributed by atoms with Crippen molar-refractivity contribution in [2.75, 3.05) is 73.7 Å². The third-order valence-corrected chi connectivity index (χ3v) is 5.17. The molecular weight excluding hydrogens is 366 g/mol. The van der Waals surface area contributed by atoms with Gasteiger partial charge in [-0.05, 0) is 50.7 Å². The van der Waals surface area contributed by atoms with E-state index < -0.39 is 0 Å². The van der Waals surface area contributed by atoms with Crippen LogP contribution in [0.3, 0.4) is 0 Å². The van der Waals surface area contributed by atoms with Crippen LogP contribution in [-0.2, 0) is 11.3 Å². The van der Waals surface area contributed by atoms with Gasteiger partial charge in [0.2, 0.25) is 0 Å². The Morgan fingerprint density at radius 2 is 1.93 bits per heavy atom. The summed E-state index contributed by atoms with van der Waals surface area (Å²) in [6.45, 7) is 8.34. The number of piperidine rings is 1. The Bertz CT molecular complexity index is 590. The lowest BCUT2D eigenvalue weighted by molar-refractivity contribution is 0.150. The fraction of sp³-hybridized carbons (Fsp3) is 0.682. The Kier molecular flexibility index (Phi) is 11.5. The van der Waals surface area contributed by atoms with Crippen molar-refractivity contribution in [1.29, 1.82) is 0 Å². The van der Waals surface area contributed by atoms with E-state index in [4.69, 9.17) is 9.47 Å². The zero-order valence-electron chi connectivity index (χ0n) is 18.5. The third kappa shape index (κ3) is 9.96. The SMILES string of the molecule is CN=C(NCCN1CCCCC1)NCc1cccc(OCCN(C)CCOC)c1. The number of methoxy groups -OCH3 is 1. The largest absolute Gasteiger partial charge is 0.492 e. The Morgan fingerprint density at radius 3 is 2.69 bits per heavy atom. The quantitative estimate of drug-likeness (QED) is 0.408. The van der Waals surface area contributed by atoms with E-state index in [1.165, 1.54) is 37.9 Å². The molecular formula is C22H39N5O2. The van der Waals surface area contributed by atoms with E-state index in [2.05, 4.69) is 44.6 Å². The molecule has 1 aromatic carbocycles. The second-order valence-electron chi connectivity index (χ2n) is 7.55. The molecule has 0 saturated carbocycles. The average molecular weight is 406 g/mol. The van der Waals surface area contributed by atoms with Crippen LogP contribution in [0.15, 0.2) is 29.3 Å². The van der Waals surface area contributed by atoms with E-state index in [0.29, 0.717) is 13.2 Å². The zero-order chi connectivity index (χ0) is 20.7. The van der Waals surface area contributed by atoms with Crippen molar-refractivity contribution in [1.82, 2.24) is 20.4 Å². The van der Waals surface area contributed by atoms with Gasteiger partial charge >= 0.3 is 0 Å². The van der Waals surface area contributed by atoms with Crippen LogP contribution < -0.4 is 15.4 Å². The average Bonchev–Trinajstić information content (AvgIpc) is 2.75. The summed E-state index contributed by atoms with van der Waals surface area (Å²) in [6.07, 6.45) is 4.03. The fourth-order valence-corrected chi connectivity index (χ4v) is 3.35. The van der Waals surface area contributed by atoms with E-state index in [0.717, 1.165) is 44.5 Å². The number of hydrogen-bond acceptors (Lipinski definition) is 5. The number of aliphatic imine (C=N–C) groups is 1. The van der Waals surface area contributed by atoms with Crippen molar-refractivity contribution in [2.45, 2.75) is 25.8 Å². The maximum atomic E-state index is 5.90. The lowest BCUT2D eigenvalue weighted by atomic mass is 10.1. The molecule has 164 valence electrons. The number of nitrogens with zero attached hydrogens (tertiary/aromatic N) is 3. The summed E-state index contributed by atoms with van der Waals surface area (Å²) >= 11 is 0. The van der Waals surface area contributed by atoms with Crippen molar-refractivity contribution >= 4 is 5.96 Å². The van der Waals surface area contributed by atoms with Crippen LogP contribution in [0.2, 0.25) is 0 Å². The number of rotatable bonds is 12. The first kappa shape index (κ1) is 23.4. The summed E-state index contributed by atoms with van der Waals surface area (Å²) in [6, 6.07) is 8.23. The van der Waals surface area contributed by atoms with Crippen LogP contribution in [0.25, 0.3) is 0 Å². The maximum Gasteiger partial charge on any atom is 0.191 e. The predicted octanol–water partition coefficient (Wildman–Crippen LogP) is 1.79. The van der Waals surface area contributed by atoms with Gasteiger partial charge in [-0.3, -0.25) is 4.99 Å². The summed E-state index contributed by atoms with van der Waals surface area (Å²) in [4.78, 5) is 9.06. The molecule has 7 nitrogen and oxygen atoms in total. The molecule has 7 heteroatoms. The van der Waals surface area contributed by atoms with Gasteiger partial charge < -0.3 is 29.9 Å². The first-order valence-corrected chi connectivity index (χ1v) is 10.8. The van der Waals surface area contributed by atoms with E-state index in [9.17, 15) is 0 Å². The highest BCUT2D eigenvalue weighted by atomic mass is 16.5. The van der Waals surface area contributed by atoms with Crippen LogP contribution in [-0.4, -0.2) is 89.4 Å². The van der Waals surface area contributed by atoms with Gasteiger partial charge in [-0.25, -0.2) is 0 Å². The summed E-state index contributed by atoms with van der Waals surface area (Å²) in [7, 11) is 5.62. The minimum atomic E-state index is 0.664. The van der Waals surface area contributed by atoms with Gasteiger partial charge in [0.25, 0.3) is 0 Å². The molecule has 2 rings (SSSR count). The monoisotopic (exact) mass is 405 g/mol. The van der Waals surface area contributed by atoms with Gasteiger partial charge in [-0.15, -0.1) is 0 Å². The first-order chi connectivity index (χ1) is 14.2. The Balaban J connectivity index is 1.67. The molecule has 1 fully saturated rings. The number of likely N-dealkylation sites (N-methyl/N-ethyl adjacent to an activating group) is 1. The number of likely N-dealkylation sites (tertiary alicyclic amines) is 1.